The van der Waals surface area contributed by atoms with Crippen LogP contribution in [0.2, 0.25) is 10.0 Å². The van der Waals surface area contributed by atoms with E-state index in [4.69, 9.17) is 32.9 Å². The molecule has 3 aliphatic rings. The number of carbonyl (C=O) groups excluding carboxylic acids is 1. The number of benzene rings is 2. The third kappa shape index (κ3) is 4.80. The van der Waals surface area contributed by atoms with Crippen LogP contribution in [0.4, 0.5) is 0 Å². The SMILES string of the molecule is CCCC1=C(OCN2CCNC(=O)C2)N2C(=NC(c3ccc(Cl)cc3)C2c2ccc(Cl)cc2)S1. The maximum absolute atomic E-state index is 11.8. The maximum Gasteiger partial charge on any atom is 0.234 e. The van der Waals surface area contributed by atoms with Gasteiger partial charge < -0.3 is 10.1 Å². The first-order valence-corrected chi connectivity index (χ1v) is 13.0. The molecule has 0 saturated carbocycles. The van der Waals surface area contributed by atoms with Crippen LogP contribution in [0.3, 0.4) is 0 Å². The Hall–Kier alpha value is -2.19. The Balaban J connectivity index is 1.49. The second-order valence-corrected chi connectivity index (χ2v) is 10.5. The lowest BCUT2D eigenvalue weighted by molar-refractivity contribution is -0.126. The fourth-order valence-electron chi connectivity index (χ4n) is 4.49. The molecule has 3 heterocycles. The van der Waals surface area contributed by atoms with Gasteiger partial charge in [0.05, 0.1) is 17.5 Å². The van der Waals surface area contributed by atoms with Crippen molar-refractivity contribution in [3.8, 4) is 0 Å². The number of hydrogen-bond acceptors (Lipinski definition) is 6. The Morgan fingerprint density at radius 3 is 2.41 bits per heavy atom. The lowest BCUT2D eigenvalue weighted by Crippen LogP contribution is -2.48. The average Bonchev–Trinajstić information content (AvgIpc) is 3.35. The Labute approximate surface area is 213 Å². The van der Waals surface area contributed by atoms with Gasteiger partial charge in [-0.3, -0.25) is 19.6 Å². The molecule has 9 heteroatoms. The summed E-state index contributed by atoms with van der Waals surface area (Å²) in [7, 11) is 0. The molecule has 0 aromatic heterocycles. The molecular weight excluding hydrogens is 491 g/mol. The largest absolute Gasteiger partial charge is 0.462 e. The zero-order valence-electron chi connectivity index (χ0n) is 18.8. The number of rotatable bonds is 7. The van der Waals surface area contributed by atoms with Gasteiger partial charge in [-0.2, -0.15) is 0 Å². The molecular formula is C25H26Cl2N4O2S. The van der Waals surface area contributed by atoms with Gasteiger partial charge in [0.15, 0.2) is 5.17 Å². The van der Waals surface area contributed by atoms with Gasteiger partial charge in [0.1, 0.15) is 12.8 Å². The third-order valence-electron chi connectivity index (χ3n) is 6.11. The van der Waals surface area contributed by atoms with Crippen molar-refractivity contribution < 1.29 is 9.53 Å². The number of aliphatic imine (C=N–C) groups is 1. The van der Waals surface area contributed by atoms with Crippen molar-refractivity contribution in [1.82, 2.24) is 15.1 Å². The molecule has 1 N–H and O–H groups in total. The predicted molar refractivity (Wildman–Crippen MR) is 138 cm³/mol. The van der Waals surface area contributed by atoms with Crippen LogP contribution in [0.25, 0.3) is 0 Å². The van der Waals surface area contributed by atoms with E-state index in [1.807, 2.05) is 41.3 Å². The number of allylic oxidation sites excluding steroid dienone is 1. The summed E-state index contributed by atoms with van der Waals surface area (Å²) in [5, 5.41) is 5.20. The molecule has 5 rings (SSSR count). The highest BCUT2D eigenvalue weighted by molar-refractivity contribution is 8.17. The summed E-state index contributed by atoms with van der Waals surface area (Å²) in [5.74, 6) is 0.872. The van der Waals surface area contributed by atoms with E-state index in [9.17, 15) is 4.79 Å². The minimum absolute atomic E-state index is 0.0312. The van der Waals surface area contributed by atoms with Crippen molar-refractivity contribution in [1.29, 1.82) is 0 Å². The quantitative estimate of drug-likeness (QED) is 0.521. The monoisotopic (exact) mass is 516 g/mol. The summed E-state index contributed by atoms with van der Waals surface area (Å²) in [6.07, 6.45) is 1.92. The number of hydrogen-bond donors (Lipinski definition) is 1. The standard InChI is InChI=1S/C25H26Cl2N4O2S/c1-2-3-20-24(33-15-30-13-12-28-21(32)14-30)31-23(17-6-10-19(27)11-7-17)22(29-25(31)34-20)16-4-8-18(26)9-5-16/h4-11,22-23H,2-3,12-15H2,1H3,(H,28,32). The van der Waals surface area contributed by atoms with Crippen molar-refractivity contribution in [2.75, 3.05) is 26.4 Å². The van der Waals surface area contributed by atoms with E-state index in [0.717, 1.165) is 41.6 Å². The van der Waals surface area contributed by atoms with E-state index < -0.39 is 0 Å². The van der Waals surface area contributed by atoms with Crippen LogP contribution < -0.4 is 5.32 Å². The lowest BCUT2D eigenvalue weighted by atomic mass is 9.94. The molecule has 1 amide bonds. The summed E-state index contributed by atoms with van der Waals surface area (Å²) in [6.45, 7) is 4.28. The summed E-state index contributed by atoms with van der Waals surface area (Å²) in [4.78, 5) is 22.4. The average molecular weight is 517 g/mol. The zero-order chi connectivity index (χ0) is 23.7. The number of thioether (sulfide) groups is 1. The normalized spacial score (nSPS) is 22.6. The van der Waals surface area contributed by atoms with Gasteiger partial charge in [-0.25, -0.2) is 0 Å². The van der Waals surface area contributed by atoms with Gasteiger partial charge in [0.25, 0.3) is 0 Å². The van der Waals surface area contributed by atoms with Crippen LogP contribution in [0.5, 0.6) is 0 Å². The number of amidine groups is 1. The number of halogens is 2. The van der Waals surface area contributed by atoms with E-state index >= 15 is 0 Å². The number of nitrogens with zero attached hydrogens (tertiary/aromatic N) is 3. The van der Waals surface area contributed by atoms with Crippen molar-refractivity contribution in [3.63, 3.8) is 0 Å². The molecule has 2 unspecified atom stereocenters. The van der Waals surface area contributed by atoms with Crippen LogP contribution in [-0.4, -0.2) is 47.2 Å². The van der Waals surface area contributed by atoms with Crippen LogP contribution in [-0.2, 0) is 9.53 Å². The maximum atomic E-state index is 11.8. The summed E-state index contributed by atoms with van der Waals surface area (Å²) < 4.78 is 6.45. The number of nitrogens with one attached hydrogen (secondary N) is 1. The smallest absolute Gasteiger partial charge is 0.234 e. The third-order valence-corrected chi connectivity index (χ3v) is 7.72. The molecule has 1 fully saturated rings. The molecule has 2 aromatic rings. The van der Waals surface area contributed by atoms with E-state index in [1.165, 1.54) is 4.91 Å². The summed E-state index contributed by atoms with van der Waals surface area (Å²) in [6, 6.07) is 15.7. The van der Waals surface area contributed by atoms with Crippen molar-refractivity contribution in [2.24, 2.45) is 4.99 Å². The van der Waals surface area contributed by atoms with Gasteiger partial charge in [-0.1, -0.05) is 72.6 Å². The van der Waals surface area contributed by atoms with E-state index in [2.05, 4.69) is 29.3 Å². The first-order valence-electron chi connectivity index (χ1n) is 11.4. The highest BCUT2D eigenvalue weighted by Gasteiger charge is 2.46. The lowest BCUT2D eigenvalue weighted by Gasteiger charge is -2.32. The molecule has 0 radical (unpaired) electrons. The Morgan fingerprint density at radius 2 is 1.76 bits per heavy atom. The topological polar surface area (TPSA) is 57.2 Å². The Bertz CT molecular complexity index is 1120. The fourth-order valence-corrected chi connectivity index (χ4v) is 5.97. The fraction of sp³-hybridized carbons (Fsp3) is 0.360. The predicted octanol–water partition coefficient (Wildman–Crippen LogP) is 5.57. The van der Waals surface area contributed by atoms with Crippen LogP contribution in [0, 0.1) is 0 Å². The number of amides is 1. The van der Waals surface area contributed by atoms with Crippen molar-refractivity contribution in [2.45, 2.75) is 31.8 Å². The van der Waals surface area contributed by atoms with Gasteiger partial charge >= 0.3 is 0 Å². The van der Waals surface area contributed by atoms with Crippen molar-refractivity contribution >= 4 is 46.0 Å². The molecule has 0 aliphatic carbocycles. The number of fused-ring (bicyclic) bond motifs is 1. The zero-order valence-corrected chi connectivity index (χ0v) is 21.2. The van der Waals surface area contributed by atoms with Crippen LogP contribution >= 0.6 is 35.0 Å². The van der Waals surface area contributed by atoms with Gasteiger partial charge in [0, 0.05) is 23.1 Å². The van der Waals surface area contributed by atoms with Crippen molar-refractivity contribution in [3.05, 3.63) is 80.5 Å². The number of piperazine rings is 1. The van der Waals surface area contributed by atoms with Gasteiger partial charge in [-0.05, 0) is 41.8 Å². The molecule has 6 nitrogen and oxygen atoms in total. The molecule has 2 aromatic carbocycles. The molecule has 34 heavy (non-hydrogen) atoms. The first-order chi connectivity index (χ1) is 16.5. The molecule has 2 atom stereocenters. The highest BCUT2D eigenvalue weighted by atomic mass is 35.5. The van der Waals surface area contributed by atoms with E-state index in [-0.39, 0.29) is 18.0 Å². The Kier molecular flexibility index (Phi) is 7.06. The van der Waals surface area contributed by atoms with E-state index in [1.54, 1.807) is 11.8 Å². The molecule has 0 spiro atoms. The first kappa shape index (κ1) is 23.5. The Morgan fingerprint density at radius 1 is 1.09 bits per heavy atom. The minimum Gasteiger partial charge on any atom is -0.462 e. The van der Waals surface area contributed by atoms with E-state index in [0.29, 0.717) is 29.9 Å². The second-order valence-electron chi connectivity index (χ2n) is 8.53. The minimum atomic E-state index is -0.108. The van der Waals surface area contributed by atoms with Crippen LogP contribution in [0.1, 0.15) is 43.0 Å². The summed E-state index contributed by atoms with van der Waals surface area (Å²) >= 11 is 14.1. The molecule has 0 bridgehead atoms. The molecule has 1 saturated heterocycles. The number of carbonyl (C=O) groups is 1. The molecule has 3 aliphatic heterocycles. The van der Waals surface area contributed by atoms with Gasteiger partial charge in [0.2, 0.25) is 11.8 Å². The second kappa shape index (κ2) is 10.2. The van der Waals surface area contributed by atoms with Gasteiger partial charge in [-0.15, -0.1) is 0 Å². The summed E-state index contributed by atoms with van der Waals surface area (Å²) in [5.41, 5.74) is 2.20. The number of ether oxygens (including phenoxy) is 1. The van der Waals surface area contributed by atoms with Crippen LogP contribution in [0.15, 0.2) is 64.3 Å². The highest BCUT2D eigenvalue weighted by Crippen LogP contribution is 2.52. The molecule has 178 valence electrons.